The van der Waals surface area contributed by atoms with E-state index in [-0.39, 0.29) is 0 Å². The lowest BCUT2D eigenvalue weighted by atomic mass is 10.2. The molecule has 1 heterocycles. The monoisotopic (exact) mass is 207 g/mol. The maximum absolute atomic E-state index is 4.36. The highest BCUT2D eigenvalue weighted by molar-refractivity contribution is 8.14. The first kappa shape index (κ1) is 8.91. The van der Waals surface area contributed by atoms with Crippen molar-refractivity contribution >= 4 is 28.6 Å². The Balaban J connectivity index is 2.53. The van der Waals surface area contributed by atoms with Crippen LogP contribution in [0.2, 0.25) is 0 Å². The lowest BCUT2D eigenvalue weighted by Gasteiger charge is -2.04. The van der Waals surface area contributed by atoms with E-state index >= 15 is 0 Å². The van der Waals surface area contributed by atoms with Crippen molar-refractivity contribution in [3.8, 4) is 0 Å². The van der Waals surface area contributed by atoms with E-state index in [0.717, 1.165) is 5.04 Å². The highest BCUT2D eigenvalue weighted by Crippen LogP contribution is 2.28. The number of hydrogen-bond donors (Lipinski definition) is 0. The largest absolute Gasteiger partial charge is 0.249 e. The summed E-state index contributed by atoms with van der Waals surface area (Å²) in [5.41, 5.74) is 1.24. The van der Waals surface area contributed by atoms with Crippen molar-refractivity contribution in [1.29, 1.82) is 0 Å². The molecule has 1 aliphatic heterocycles. The Morgan fingerprint density at radius 1 is 1.31 bits per heavy atom. The fourth-order valence-electron chi connectivity index (χ4n) is 1.18. The fourth-order valence-corrected chi connectivity index (χ4v) is 2.53. The molecule has 0 radical (unpaired) electrons. The zero-order valence-electron chi connectivity index (χ0n) is 7.23. The lowest BCUT2D eigenvalue weighted by Crippen LogP contribution is -1.94. The summed E-state index contributed by atoms with van der Waals surface area (Å²) in [6, 6.07) is 8.35. The Kier molecular flexibility index (Phi) is 2.76. The third-order valence-corrected chi connectivity index (χ3v) is 3.34. The number of rotatable bonds is 0. The number of nitrogens with zero attached hydrogens (tertiary/aromatic N) is 1. The van der Waals surface area contributed by atoms with Gasteiger partial charge in [-0.3, -0.25) is 0 Å². The third-order valence-electron chi connectivity index (χ3n) is 1.76. The van der Waals surface area contributed by atoms with Gasteiger partial charge in [-0.25, -0.2) is 4.99 Å². The summed E-state index contributed by atoms with van der Waals surface area (Å²) < 4.78 is 0. The molecule has 0 saturated carbocycles. The van der Waals surface area contributed by atoms with Gasteiger partial charge in [-0.1, -0.05) is 30.0 Å². The van der Waals surface area contributed by atoms with Crippen LogP contribution in [0.4, 0.5) is 0 Å². The third kappa shape index (κ3) is 1.81. The molecule has 0 amide bonds. The van der Waals surface area contributed by atoms with Crippen molar-refractivity contribution in [2.45, 2.75) is 4.90 Å². The summed E-state index contributed by atoms with van der Waals surface area (Å²) in [5.74, 6) is 0. The Bertz CT molecular complexity index is 369. The zero-order valence-corrected chi connectivity index (χ0v) is 8.86. The van der Waals surface area contributed by atoms with E-state index in [2.05, 4.69) is 35.5 Å². The summed E-state index contributed by atoms with van der Waals surface area (Å²) >= 11 is 3.41. The molecule has 1 aromatic rings. The first-order valence-electron chi connectivity index (χ1n) is 3.94. The summed E-state index contributed by atoms with van der Waals surface area (Å²) in [4.78, 5) is 5.64. The molecular weight excluding hydrogens is 198 g/mol. The van der Waals surface area contributed by atoms with E-state index < -0.39 is 0 Å². The van der Waals surface area contributed by atoms with E-state index in [0.29, 0.717) is 0 Å². The van der Waals surface area contributed by atoms with E-state index in [1.807, 2.05) is 11.6 Å². The highest BCUT2D eigenvalue weighted by atomic mass is 32.2. The first-order valence-corrected chi connectivity index (χ1v) is 6.05. The molecule has 0 spiro atoms. The van der Waals surface area contributed by atoms with Gasteiger partial charge in [-0.05, 0) is 17.7 Å². The summed E-state index contributed by atoms with van der Waals surface area (Å²) in [5, 5.41) is 3.11. The zero-order chi connectivity index (χ0) is 9.10. The van der Waals surface area contributed by atoms with Gasteiger partial charge in [0.2, 0.25) is 0 Å². The molecule has 13 heavy (non-hydrogen) atoms. The fraction of sp³-hybridized carbons (Fsp3) is 0.100. The van der Waals surface area contributed by atoms with Gasteiger partial charge in [-0.15, -0.1) is 11.8 Å². The van der Waals surface area contributed by atoms with Gasteiger partial charge >= 0.3 is 0 Å². The van der Waals surface area contributed by atoms with Crippen LogP contribution in [0, 0.1) is 0 Å². The second-order valence-electron chi connectivity index (χ2n) is 2.54. The van der Waals surface area contributed by atoms with Crippen molar-refractivity contribution in [3.63, 3.8) is 0 Å². The van der Waals surface area contributed by atoms with Crippen LogP contribution in [0.15, 0.2) is 45.8 Å². The molecule has 0 aromatic heterocycles. The smallest absolute Gasteiger partial charge is 0.104 e. The molecule has 0 N–H and O–H groups in total. The van der Waals surface area contributed by atoms with Gasteiger partial charge in [0.05, 0.1) is 0 Å². The van der Waals surface area contributed by atoms with E-state index in [4.69, 9.17) is 0 Å². The molecule has 2 rings (SSSR count). The molecule has 0 atom stereocenters. The van der Waals surface area contributed by atoms with E-state index in [1.54, 1.807) is 23.5 Å². The molecular formula is C10H9NS2. The van der Waals surface area contributed by atoms with Crippen molar-refractivity contribution in [2.75, 3.05) is 6.26 Å². The quantitative estimate of drug-likeness (QED) is 0.646. The topological polar surface area (TPSA) is 12.4 Å². The van der Waals surface area contributed by atoms with Gasteiger partial charge in [-0.2, -0.15) is 0 Å². The van der Waals surface area contributed by atoms with Crippen LogP contribution in [0.5, 0.6) is 0 Å². The van der Waals surface area contributed by atoms with E-state index in [1.165, 1.54) is 10.5 Å². The Morgan fingerprint density at radius 3 is 3.00 bits per heavy atom. The van der Waals surface area contributed by atoms with Gasteiger partial charge < -0.3 is 0 Å². The van der Waals surface area contributed by atoms with Crippen molar-refractivity contribution in [2.24, 2.45) is 4.99 Å². The van der Waals surface area contributed by atoms with Gasteiger partial charge in [0.15, 0.2) is 0 Å². The van der Waals surface area contributed by atoms with Crippen LogP contribution in [0.1, 0.15) is 5.56 Å². The maximum Gasteiger partial charge on any atom is 0.104 e. The molecule has 0 unspecified atom stereocenters. The minimum atomic E-state index is 1.09. The lowest BCUT2D eigenvalue weighted by molar-refractivity contribution is 1.43. The number of thioether (sulfide) groups is 2. The molecule has 0 fully saturated rings. The number of hydrogen-bond acceptors (Lipinski definition) is 3. The minimum absolute atomic E-state index is 1.09. The number of aliphatic imine (C=N–C) groups is 1. The van der Waals surface area contributed by atoms with Gasteiger partial charge in [0.25, 0.3) is 0 Å². The molecule has 1 aromatic carbocycles. The van der Waals surface area contributed by atoms with Gasteiger partial charge in [0, 0.05) is 16.7 Å². The molecule has 1 aliphatic rings. The van der Waals surface area contributed by atoms with Crippen LogP contribution >= 0.6 is 23.5 Å². The predicted octanol–water partition coefficient (Wildman–Crippen LogP) is 3.37. The maximum atomic E-state index is 4.36. The van der Waals surface area contributed by atoms with Crippen LogP contribution in [0.25, 0.3) is 0 Å². The molecule has 0 aliphatic carbocycles. The normalized spacial score (nSPS) is 14.7. The molecule has 0 bridgehead atoms. The minimum Gasteiger partial charge on any atom is -0.249 e. The second kappa shape index (κ2) is 4.03. The SMILES string of the molecule is CSC1=NC=CSc2ccccc21. The Morgan fingerprint density at radius 2 is 2.15 bits per heavy atom. The first-order chi connectivity index (χ1) is 6.42. The van der Waals surface area contributed by atoms with Crippen molar-refractivity contribution in [3.05, 3.63) is 41.4 Å². The van der Waals surface area contributed by atoms with Crippen LogP contribution in [-0.4, -0.2) is 11.3 Å². The summed E-state index contributed by atoms with van der Waals surface area (Å²) in [7, 11) is 0. The average Bonchev–Trinajstić information content (AvgIpc) is 2.39. The Labute approximate surface area is 86.3 Å². The Hall–Kier alpha value is -0.670. The second-order valence-corrected chi connectivity index (χ2v) is 4.28. The molecule has 3 heteroatoms. The number of fused-ring (bicyclic) bond motifs is 1. The summed E-state index contributed by atoms with van der Waals surface area (Å²) in [6.45, 7) is 0. The molecule has 66 valence electrons. The number of benzene rings is 1. The predicted molar refractivity (Wildman–Crippen MR) is 61.5 cm³/mol. The van der Waals surface area contributed by atoms with Crippen LogP contribution in [-0.2, 0) is 0 Å². The van der Waals surface area contributed by atoms with E-state index in [9.17, 15) is 0 Å². The van der Waals surface area contributed by atoms with Crippen LogP contribution in [0.3, 0.4) is 0 Å². The van der Waals surface area contributed by atoms with Gasteiger partial charge in [0.1, 0.15) is 5.04 Å². The van der Waals surface area contributed by atoms with Crippen molar-refractivity contribution in [1.82, 2.24) is 0 Å². The summed E-state index contributed by atoms with van der Waals surface area (Å²) in [6.07, 6.45) is 3.91. The molecule has 1 nitrogen and oxygen atoms in total. The standard InChI is InChI=1S/C10H9NS2/c1-12-10-8-4-2-3-5-9(8)13-7-6-11-10/h2-7H,1H3. The highest BCUT2D eigenvalue weighted by Gasteiger charge is 2.08. The molecule has 0 saturated heterocycles. The van der Waals surface area contributed by atoms with Crippen LogP contribution < -0.4 is 0 Å². The average molecular weight is 207 g/mol. The van der Waals surface area contributed by atoms with Crippen molar-refractivity contribution < 1.29 is 0 Å².